The van der Waals surface area contributed by atoms with Gasteiger partial charge in [0.15, 0.2) is 5.65 Å². The average Bonchev–Trinajstić information content (AvgIpc) is 2.84. The predicted octanol–water partition coefficient (Wildman–Crippen LogP) is 4.13. The summed E-state index contributed by atoms with van der Waals surface area (Å²) < 4.78 is 16.0. The summed E-state index contributed by atoms with van der Waals surface area (Å²) in [5, 5.41) is 20.2. The quantitative estimate of drug-likeness (QED) is 0.427. The molecule has 2 aromatic carbocycles. The van der Waals surface area contributed by atoms with Crippen LogP contribution in [0.3, 0.4) is 0 Å². The van der Waals surface area contributed by atoms with E-state index in [1.165, 1.54) is 27.7 Å². The Morgan fingerprint density at radius 3 is 2.53 bits per heavy atom. The number of aromatic nitrogens is 3. The fraction of sp³-hybridized carbons (Fsp3) is 0.200. The number of fused-ring (bicyclic) bond motifs is 1. The number of hydrogen-bond acceptors (Lipinski definition) is 6. The highest BCUT2D eigenvalue weighted by Gasteiger charge is 2.30. The van der Waals surface area contributed by atoms with Gasteiger partial charge in [-0.1, -0.05) is 35.9 Å². The van der Waals surface area contributed by atoms with E-state index in [1.807, 2.05) is 11.8 Å². The van der Waals surface area contributed by atoms with Crippen LogP contribution in [0.25, 0.3) is 28.0 Å². The third-order valence-electron chi connectivity index (χ3n) is 6.21. The van der Waals surface area contributed by atoms with E-state index in [2.05, 4.69) is 9.97 Å². The lowest BCUT2D eigenvalue weighted by atomic mass is 10.1. The molecule has 11 heteroatoms. The number of rotatable bonds is 3. The number of anilines is 1. The Labute approximate surface area is 209 Å². The van der Waals surface area contributed by atoms with Crippen LogP contribution in [0.2, 0.25) is 5.02 Å². The number of nitrogens with zero attached hydrogens (tertiary/aromatic N) is 5. The lowest BCUT2D eigenvalue weighted by Crippen LogP contribution is -2.54. The van der Waals surface area contributed by atoms with Crippen LogP contribution in [0.5, 0.6) is 5.75 Å². The first kappa shape index (κ1) is 23.6. The minimum Gasteiger partial charge on any atom is -0.507 e. The van der Waals surface area contributed by atoms with Crippen molar-refractivity contribution in [2.75, 3.05) is 24.5 Å². The Bertz CT molecular complexity index is 1530. The van der Waals surface area contributed by atoms with E-state index in [-0.39, 0.29) is 46.8 Å². The van der Waals surface area contributed by atoms with Crippen LogP contribution in [0.4, 0.5) is 15.0 Å². The Kier molecular flexibility index (Phi) is 5.97. The van der Waals surface area contributed by atoms with Crippen LogP contribution >= 0.6 is 11.6 Å². The summed E-state index contributed by atoms with van der Waals surface area (Å²) in [6.45, 7) is 2.60. The maximum Gasteiger partial charge on any atom is 0.407 e. The fourth-order valence-electron chi connectivity index (χ4n) is 4.50. The number of benzene rings is 2. The molecule has 0 saturated carbocycles. The summed E-state index contributed by atoms with van der Waals surface area (Å²) in [6, 6.07) is 13.9. The normalized spacial score (nSPS) is 15.9. The molecule has 0 spiro atoms. The Morgan fingerprint density at radius 2 is 1.86 bits per heavy atom. The standard InChI is InChI=1S/C25H21ClFN5O4/c1-14-13-30(25(35)36)10-11-31(14)22-16-12-17(26)21(20-18(27)8-5-9-19(20)33)28-23(16)32(24(34)29-22)15-6-3-2-4-7-15/h2-9,12,14,33H,10-11,13H2,1H3,(H,35,36). The molecule has 4 aromatic rings. The zero-order chi connectivity index (χ0) is 25.6. The first-order valence-corrected chi connectivity index (χ1v) is 11.5. The van der Waals surface area contributed by atoms with Crippen LogP contribution in [0, 0.1) is 5.82 Å². The van der Waals surface area contributed by atoms with Crippen molar-refractivity contribution >= 4 is 34.5 Å². The van der Waals surface area contributed by atoms with Gasteiger partial charge in [0, 0.05) is 25.7 Å². The van der Waals surface area contributed by atoms with Gasteiger partial charge in [-0.15, -0.1) is 0 Å². The fourth-order valence-corrected chi connectivity index (χ4v) is 4.75. The van der Waals surface area contributed by atoms with Gasteiger partial charge in [-0.05, 0) is 37.3 Å². The van der Waals surface area contributed by atoms with Crippen molar-refractivity contribution in [1.82, 2.24) is 19.4 Å². The van der Waals surface area contributed by atoms with Crippen molar-refractivity contribution in [2.24, 2.45) is 0 Å². The number of pyridine rings is 1. The molecular formula is C25H21ClFN5O4. The van der Waals surface area contributed by atoms with Crippen molar-refractivity contribution in [1.29, 1.82) is 0 Å². The van der Waals surface area contributed by atoms with Crippen LogP contribution in [0.1, 0.15) is 6.92 Å². The third-order valence-corrected chi connectivity index (χ3v) is 6.50. The maximum atomic E-state index is 14.7. The summed E-state index contributed by atoms with van der Waals surface area (Å²) in [7, 11) is 0. The summed E-state index contributed by atoms with van der Waals surface area (Å²) in [4.78, 5) is 36.9. The minimum absolute atomic E-state index is 0.0234. The summed E-state index contributed by atoms with van der Waals surface area (Å²) in [5.74, 6) is -0.756. The number of piperazine rings is 1. The molecule has 0 radical (unpaired) electrons. The van der Waals surface area contributed by atoms with Gasteiger partial charge in [0.05, 0.1) is 27.4 Å². The molecule has 184 valence electrons. The number of amides is 1. The highest BCUT2D eigenvalue weighted by molar-refractivity contribution is 6.34. The van der Waals surface area contributed by atoms with E-state index in [9.17, 15) is 24.2 Å². The van der Waals surface area contributed by atoms with E-state index in [0.29, 0.717) is 23.4 Å². The van der Waals surface area contributed by atoms with Gasteiger partial charge in [-0.3, -0.25) is 0 Å². The number of carboxylic acid groups (broad SMARTS) is 1. The minimum atomic E-state index is -1.02. The molecule has 1 aliphatic heterocycles. The number of halogens is 2. The Hall–Kier alpha value is -4.18. The SMILES string of the molecule is CC1CN(C(=O)O)CCN1c1nc(=O)n(-c2ccccc2)c2nc(-c3c(O)cccc3F)c(Cl)cc12. The van der Waals surface area contributed by atoms with Gasteiger partial charge < -0.3 is 20.0 Å². The average molecular weight is 510 g/mol. The molecule has 9 nitrogen and oxygen atoms in total. The second-order valence-corrected chi connectivity index (χ2v) is 8.89. The highest BCUT2D eigenvalue weighted by Crippen LogP contribution is 2.38. The second-order valence-electron chi connectivity index (χ2n) is 8.48. The van der Waals surface area contributed by atoms with E-state index in [4.69, 9.17) is 11.6 Å². The molecule has 1 fully saturated rings. The number of phenolic OH excluding ortho intramolecular Hbond substituents is 1. The number of carbonyl (C=O) groups is 1. The van der Waals surface area contributed by atoms with Gasteiger partial charge in [-0.2, -0.15) is 4.98 Å². The zero-order valence-electron chi connectivity index (χ0n) is 19.1. The predicted molar refractivity (Wildman–Crippen MR) is 134 cm³/mol. The molecule has 5 rings (SSSR count). The summed E-state index contributed by atoms with van der Waals surface area (Å²) >= 11 is 6.57. The first-order valence-electron chi connectivity index (χ1n) is 11.2. The molecule has 1 atom stereocenters. The molecule has 36 heavy (non-hydrogen) atoms. The lowest BCUT2D eigenvalue weighted by Gasteiger charge is -2.39. The highest BCUT2D eigenvalue weighted by atomic mass is 35.5. The molecule has 1 aliphatic rings. The van der Waals surface area contributed by atoms with E-state index >= 15 is 0 Å². The largest absolute Gasteiger partial charge is 0.507 e. The van der Waals surface area contributed by atoms with Crippen molar-refractivity contribution in [2.45, 2.75) is 13.0 Å². The molecule has 0 aliphatic carbocycles. The molecule has 2 aromatic heterocycles. The monoisotopic (exact) mass is 509 g/mol. The molecule has 1 saturated heterocycles. The van der Waals surface area contributed by atoms with E-state index in [1.54, 1.807) is 36.4 Å². The van der Waals surface area contributed by atoms with Gasteiger partial charge in [0.25, 0.3) is 0 Å². The van der Waals surface area contributed by atoms with Crippen molar-refractivity contribution in [3.05, 3.63) is 75.9 Å². The lowest BCUT2D eigenvalue weighted by molar-refractivity contribution is 0.136. The smallest absolute Gasteiger partial charge is 0.407 e. The zero-order valence-corrected chi connectivity index (χ0v) is 19.9. The topological polar surface area (TPSA) is 112 Å². The third kappa shape index (κ3) is 3.99. The van der Waals surface area contributed by atoms with Gasteiger partial charge >= 0.3 is 11.8 Å². The van der Waals surface area contributed by atoms with E-state index in [0.717, 1.165) is 0 Å². The Morgan fingerprint density at radius 1 is 1.11 bits per heavy atom. The molecule has 0 bridgehead atoms. The number of hydrogen-bond donors (Lipinski definition) is 2. The van der Waals surface area contributed by atoms with Gasteiger partial charge in [-0.25, -0.2) is 23.5 Å². The molecule has 1 amide bonds. The number of aromatic hydroxyl groups is 1. The van der Waals surface area contributed by atoms with Crippen molar-refractivity contribution in [3.63, 3.8) is 0 Å². The second kappa shape index (κ2) is 9.12. The van der Waals surface area contributed by atoms with Gasteiger partial charge in [0.1, 0.15) is 17.4 Å². The van der Waals surface area contributed by atoms with Crippen LogP contribution in [-0.2, 0) is 0 Å². The molecule has 1 unspecified atom stereocenters. The van der Waals surface area contributed by atoms with E-state index < -0.39 is 17.6 Å². The first-order chi connectivity index (χ1) is 17.3. The molecule has 2 N–H and O–H groups in total. The molecule has 3 heterocycles. The molecular weight excluding hydrogens is 489 g/mol. The van der Waals surface area contributed by atoms with Crippen LogP contribution in [-0.4, -0.2) is 61.4 Å². The number of para-hydroxylation sites is 1. The van der Waals surface area contributed by atoms with Crippen LogP contribution in [0.15, 0.2) is 59.4 Å². The van der Waals surface area contributed by atoms with Crippen molar-refractivity contribution < 1.29 is 19.4 Å². The summed E-state index contributed by atoms with van der Waals surface area (Å²) in [5.41, 5.74) is -0.155. The Balaban J connectivity index is 1.79. The number of phenols is 1. The van der Waals surface area contributed by atoms with Crippen LogP contribution < -0.4 is 10.6 Å². The van der Waals surface area contributed by atoms with Crippen molar-refractivity contribution in [3.8, 4) is 22.7 Å². The maximum absolute atomic E-state index is 14.7. The summed E-state index contributed by atoms with van der Waals surface area (Å²) in [6.07, 6.45) is -1.02. The van der Waals surface area contributed by atoms with Gasteiger partial charge in [0.2, 0.25) is 0 Å².